The first kappa shape index (κ1) is 20.7. The van der Waals surface area contributed by atoms with Crippen molar-refractivity contribution in [2.75, 3.05) is 26.2 Å². The monoisotopic (exact) mass is 429 g/mol. The Kier molecular flexibility index (Phi) is 5.57. The molecule has 29 heavy (non-hydrogen) atoms. The highest BCUT2D eigenvalue weighted by molar-refractivity contribution is 7.89. The summed E-state index contributed by atoms with van der Waals surface area (Å²) >= 11 is 0. The first-order valence-corrected chi connectivity index (χ1v) is 9.74. The number of rotatable bonds is 4. The van der Waals surface area contributed by atoms with Gasteiger partial charge in [-0.1, -0.05) is 0 Å². The van der Waals surface area contributed by atoms with Crippen molar-refractivity contribution in [3.63, 3.8) is 0 Å². The molecule has 1 amide bonds. The van der Waals surface area contributed by atoms with E-state index in [9.17, 15) is 36.5 Å². The number of nitrogens with zero attached hydrogens (tertiary/aromatic N) is 3. The van der Waals surface area contributed by atoms with E-state index in [1.165, 1.54) is 0 Å². The third-order valence-corrected chi connectivity index (χ3v) is 6.39. The normalized spacial score (nSPS) is 15.3. The van der Waals surface area contributed by atoms with Gasteiger partial charge in [-0.25, -0.2) is 21.6 Å². The molecule has 1 heterocycles. The number of hydrogen-bond donors (Lipinski definition) is 0. The van der Waals surface area contributed by atoms with Gasteiger partial charge in [0.15, 0.2) is 17.5 Å². The molecule has 0 N–H and O–H groups in total. The molecule has 1 fully saturated rings. The molecule has 3 rings (SSSR count). The van der Waals surface area contributed by atoms with Crippen LogP contribution >= 0.6 is 0 Å². The van der Waals surface area contributed by atoms with Crippen LogP contribution in [0, 0.1) is 27.6 Å². The molecular weight excluding hydrogens is 415 g/mol. The van der Waals surface area contributed by atoms with E-state index in [1.807, 2.05) is 0 Å². The molecule has 8 nitrogen and oxygen atoms in total. The number of nitro benzene ring substituents is 1. The van der Waals surface area contributed by atoms with Gasteiger partial charge in [0, 0.05) is 38.3 Å². The molecule has 1 aliphatic rings. The Morgan fingerprint density at radius 2 is 1.52 bits per heavy atom. The average Bonchev–Trinajstić information content (AvgIpc) is 2.72. The van der Waals surface area contributed by atoms with Gasteiger partial charge in [-0.2, -0.15) is 4.31 Å². The molecule has 0 radical (unpaired) electrons. The third kappa shape index (κ3) is 3.93. The Morgan fingerprint density at radius 3 is 2.07 bits per heavy atom. The summed E-state index contributed by atoms with van der Waals surface area (Å²) in [5, 5.41) is 10.7. The van der Waals surface area contributed by atoms with Gasteiger partial charge in [0.2, 0.25) is 10.0 Å². The summed E-state index contributed by atoms with van der Waals surface area (Å²) in [7, 11) is -3.95. The zero-order valence-corrected chi connectivity index (χ0v) is 15.5. The van der Waals surface area contributed by atoms with Crippen LogP contribution in [0.4, 0.5) is 18.9 Å². The number of amides is 1. The Labute approximate surface area is 163 Å². The molecule has 12 heteroatoms. The van der Waals surface area contributed by atoms with Crippen molar-refractivity contribution in [2.24, 2.45) is 0 Å². The lowest BCUT2D eigenvalue weighted by atomic mass is 10.1. The Bertz CT molecular complexity index is 1070. The summed E-state index contributed by atoms with van der Waals surface area (Å²) in [6, 6.07) is 5.83. The van der Waals surface area contributed by atoms with Crippen LogP contribution in [0.15, 0.2) is 41.3 Å². The second-order valence-corrected chi connectivity index (χ2v) is 8.11. The highest BCUT2D eigenvalue weighted by atomic mass is 32.2. The number of piperazine rings is 1. The number of nitro groups is 1. The summed E-state index contributed by atoms with van der Waals surface area (Å²) in [6.45, 7) is -0.417. The van der Waals surface area contributed by atoms with Crippen LogP contribution in [0.2, 0.25) is 0 Å². The Balaban J connectivity index is 1.72. The van der Waals surface area contributed by atoms with E-state index in [-0.39, 0.29) is 36.8 Å². The van der Waals surface area contributed by atoms with Crippen molar-refractivity contribution in [3.05, 3.63) is 69.5 Å². The molecule has 1 aliphatic heterocycles. The molecular formula is C17H14F3N3O5S. The molecule has 0 bridgehead atoms. The van der Waals surface area contributed by atoms with Gasteiger partial charge in [0.05, 0.1) is 15.4 Å². The number of non-ortho nitro benzene ring substituents is 1. The predicted octanol–water partition coefficient (Wildman–Crippen LogP) is 2.16. The number of carbonyl (C=O) groups excluding carboxylic acids is 1. The van der Waals surface area contributed by atoms with Crippen LogP contribution < -0.4 is 0 Å². The van der Waals surface area contributed by atoms with Gasteiger partial charge in [-0.3, -0.25) is 14.9 Å². The highest BCUT2D eigenvalue weighted by Gasteiger charge is 2.32. The van der Waals surface area contributed by atoms with Gasteiger partial charge in [-0.05, 0) is 24.3 Å². The van der Waals surface area contributed by atoms with Crippen molar-refractivity contribution >= 4 is 21.6 Å². The van der Waals surface area contributed by atoms with Crippen LogP contribution in [0.3, 0.4) is 0 Å². The number of sulfonamides is 1. The van der Waals surface area contributed by atoms with E-state index in [2.05, 4.69) is 0 Å². The van der Waals surface area contributed by atoms with E-state index >= 15 is 0 Å². The Morgan fingerprint density at radius 1 is 0.931 bits per heavy atom. The maximum atomic E-state index is 13.8. The minimum absolute atomic E-state index is 0.0938. The van der Waals surface area contributed by atoms with Crippen LogP contribution in [0.25, 0.3) is 0 Å². The zero-order valence-electron chi connectivity index (χ0n) is 14.7. The summed E-state index contributed by atoms with van der Waals surface area (Å²) in [5.41, 5.74) is -0.900. The fraction of sp³-hybridized carbons (Fsp3) is 0.235. The number of benzene rings is 2. The molecule has 2 aromatic rings. The van der Waals surface area contributed by atoms with E-state index in [0.717, 1.165) is 39.5 Å². The van der Waals surface area contributed by atoms with Gasteiger partial charge >= 0.3 is 0 Å². The largest absolute Gasteiger partial charge is 0.336 e. The van der Waals surface area contributed by atoms with Gasteiger partial charge < -0.3 is 4.90 Å². The van der Waals surface area contributed by atoms with E-state index in [1.54, 1.807) is 0 Å². The SMILES string of the molecule is O=C(c1ccc(F)c(F)c1F)N1CCN(S(=O)(=O)c2ccc([N+](=O)[O-])cc2)CC1. The molecule has 154 valence electrons. The lowest BCUT2D eigenvalue weighted by Crippen LogP contribution is -2.50. The summed E-state index contributed by atoms with van der Waals surface area (Å²) < 4.78 is 66.6. The summed E-state index contributed by atoms with van der Waals surface area (Å²) in [5.74, 6) is -5.65. The first-order valence-electron chi connectivity index (χ1n) is 8.30. The lowest BCUT2D eigenvalue weighted by molar-refractivity contribution is -0.384. The standard InChI is InChI=1S/C17H14F3N3O5S/c18-14-6-5-13(15(19)16(14)20)17(24)21-7-9-22(10-8-21)29(27,28)12-3-1-11(2-4-12)23(25)26/h1-6H,7-10H2. The van der Waals surface area contributed by atoms with Crippen LogP contribution in [0.1, 0.15) is 10.4 Å². The molecule has 0 atom stereocenters. The molecule has 0 saturated carbocycles. The quantitative estimate of drug-likeness (QED) is 0.421. The predicted molar refractivity (Wildman–Crippen MR) is 94.1 cm³/mol. The van der Waals surface area contributed by atoms with Crippen molar-refractivity contribution in [1.82, 2.24) is 9.21 Å². The maximum Gasteiger partial charge on any atom is 0.269 e. The van der Waals surface area contributed by atoms with Crippen molar-refractivity contribution in [3.8, 4) is 0 Å². The second kappa shape index (κ2) is 7.79. The van der Waals surface area contributed by atoms with Crippen molar-refractivity contribution in [1.29, 1.82) is 0 Å². The number of carbonyl (C=O) groups is 1. The fourth-order valence-corrected chi connectivity index (χ4v) is 4.30. The number of hydrogen-bond acceptors (Lipinski definition) is 5. The van der Waals surface area contributed by atoms with E-state index in [4.69, 9.17) is 0 Å². The molecule has 0 aromatic heterocycles. The minimum atomic E-state index is -3.95. The smallest absolute Gasteiger partial charge is 0.269 e. The molecule has 1 saturated heterocycles. The Hall–Kier alpha value is -2.99. The summed E-state index contributed by atoms with van der Waals surface area (Å²) in [6.07, 6.45) is 0. The van der Waals surface area contributed by atoms with Gasteiger partial charge in [0.1, 0.15) is 0 Å². The highest BCUT2D eigenvalue weighted by Crippen LogP contribution is 2.22. The minimum Gasteiger partial charge on any atom is -0.336 e. The fourth-order valence-electron chi connectivity index (χ4n) is 2.88. The van der Waals surface area contributed by atoms with E-state index < -0.39 is 43.9 Å². The maximum absolute atomic E-state index is 13.8. The van der Waals surface area contributed by atoms with E-state index in [0.29, 0.717) is 6.07 Å². The third-order valence-electron chi connectivity index (χ3n) is 4.48. The molecule has 0 spiro atoms. The van der Waals surface area contributed by atoms with Crippen molar-refractivity contribution in [2.45, 2.75) is 4.90 Å². The molecule has 0 aliphatic carbocycles. The topological polar surface area (TPSA) is 101 Å². The van der Waals surface area contributed by atoms with Gasteiger partial charge in [0.25, 0.3) is 11.6 Å². The molecule has 2 aromatic carbocycles. The van der Waals surface area contributed by atoms with Crippen LogP contribution in [-0.4, -0.2) is 54.6 Å². The van der Waals surface area contributed by atoms with Crippen molar-refractivity contribution < 1.29 is 31.3 Å². The zero-order chi connectivity index (χ0) is 21.3. The van der Waals surface area contributed by atoms with Crippen LogP contribution in [0.5, 0.6) is 0 Å². The summed E-state index contributed by atoms with van der Waals surface area (Å²) in [4.78, 5) is 23.4. The number of halogens is 3. The molecule has 0 unspecified atom stereocenters. The first-order chi connectivity index (χ1) is 13.6. The average molecular weight is 429 g/mol. The second-order valence-electron chi connectivity index (χ2n) is 6.17. The van der Waals surface area contributed by atoms with Gasteiger partial charge in [-0.15, -0.1) is 0 Å². The lowest BCUT2D eigenvalue weighted by Gasteiger charge is -2.34. The van der Waals surface area contributed by atoms with Crippen LogP contribution in [-0.2, 0) is 10.0 Å².